The normalized spacial score (nSPS) is 13.3. The summed E-state index contributed by atoms with van der Waals surface area (Å²) in [7, 11) is 0. The number of carbonyl (C=O) groups is 1. The van der Waals surface area contributed by atoms with Crippen LogP contribution in [0.4, 0.5) is 10.1 Å². The van der Waals surface area contributed by atoms with Crippen LogP contribution in [0.3, 0.4) is 0 Å². The number of pyridine rings is 1. The van der Waals surface area contributed by atoms with Crippen molar-refractivity contribution in [2.75, 3.05) is 18.5 Å². The molecule has 0 radical (unpaired) electrons. The number of carbonyl (C=O) groups excluding carboxylic acids is 1. The van der Waals surface area contributed by atoms with Crippen LogP contribution in [0, 0.1) is 5.82 Å². The smallest absolute Gasteiger partial charge is 0.160 e. The lowest BCUT2D eigenvalue weighted by molar-refractivity contribution is 0.0904. The summed E-state index contributed by atoms with van der Waals surface area (Å²) in [5.41, 5.74) is 10.0. The third kappa shape index (κ3) is 7.57. The maximum atomic E-state index is 14.7. The van der Waals surface area contributed by atoms with Crippen molar-refractivity contribution in [3.8, 4) is 11.1 Å². The standard InChI is InChI=1S/C40H43FN6O2/c1-5-38-35(39(45-33-15-17-49-18-16-33)36-24-44-47(6-2)40(36)46-38)23-43-27(4)31-11-8-10-30(21-31)26(3)42-22-28-13-14-37(41)34(20-28)32-12-7-9-29(19-32)25-48/h7-14,19-21,24-25,33,42-43H,3-6,15-18,22-23H2,1-2H3,(H,45,46). The van der Waals surface area contributed by atoms with Crippen LogP contribution in [0.2, 0.25) is 0 Å². The second kappa shape index (κ2) is 15.3. The van der Waals surface area contributed by atoms with Crippen molar-refractivity contribution >= 4 is 34.4 Å². The molecule has 0 atom stereocenters. The maximum Gasteiger partial charge on any atom is 0.160 e. The van der Waals surface area contributed by atoms with Crippen molar-refractivity contribution in [1.29, 1.82) is 0 Å². The van der Waals surface area contributed by atoms with Crippen molar-refractivity contribution < 1.29 is 13.9 Å². The summed E-state index contributed by atoms with van der Waals surface area (Å²) in [4.78, 5) is 16.3. The number of ether oxygens (including phenoxy) is 1. The molecule has 3 heterocycles. The molecule has 1 fully saturated rings. The van der Waals surface area contributed by atoms with Crippen molar-refractivity contribution in [2.24, 2.45) is 0 Å². The molecule has 8 nitrogen and oxygen atoms in total. The van der Waals surface area contributed by atoms with E-state index in [1.807, 2.05) is 29.1 Å². The number of rotatable bonds is 14. The predicted molar refractivity (Wildman–Crippen MR) is 195 cm³/mol. The van der Waals surface area contributed by atoms with Gasteiger partial charge in [-0.2, -0.15) is 5.10 Å². The molecule has 6 rings (SSSR count). The fourth-order valence-electron chi connectivity index (χ4n) is 6.29. The quantitative estimate of drug-likeness (QED) is 0.105. The SMILES string of the molecule is C=C(NCc1ccc(F)c(-c2cccc(C=O)c2)c1)c1cccc(C(=C)NCc2c(CC)nc3c(cnn3CC)c2NC2CCOCC2)c1. The van der Waals surface area contributed by atoms with Crippen LogP contribution in [-0.4, -0.2) is 40.3 Å². The fraction of sp³-hybridized carbons (Fsp3) is 0.275. The van der Waals surface area contributed by atoms with Crippen LogP contribution in [-0.2, 0) is 30.8 Å². The molecule has 9 heteroatoms. The van der Waals surface area contributed by atoms with E-state index in [0.29, 0.717) is 35.8 Å². The second-order valence-corrected chi connectivity index (χ2v) is 12.3. The Bertz CT molecular complexity index is 1990. The van der Waals surface area contributed by atoms with Gasteiger partial charge < -0.3 is 20.7 Å². The summed E-state index contributed by atoms with van der Waals surface area (Å²) in [5, 5.41) is 16.5. The minimum atomic E-state index is -0.339. The summed E-state index contributed by atoms with van der Waals surface area (Å²) < 4.78 is 22.3. The molecule has 0 unspecified atom stereocenters. The first-order chi connectivity index (χ1) is 23.9. The number of aldehydes is 1. The Kier molecular flexibility index (Phi) is 10.5. The summed E-state index contributed by atoms with van der Waals surface area (Å²) in [6, 6.07) is 20.3. The van der Waals surface area contributed by atoms with Crippen LogP contribution in [0.5, 0.6) is 0 Å². The van der Waals surface area contributed by atoms with Crippen molar-refractivity contribution in [3.63, 3.8) is 0 Å². The predicted octanol–water partition coefficient (Wildman–Crippen LogP) is 7.74. The number of aromatic nitrogens is 3. The third-order valence-corrected chi connectivity index (χ3v) is 9.08. The highest BCUT2D eigenvalue weighted by Crippen LogP contribution is 2.32. The van der Waals surface area contributed by atoms with Crippen molar-refractivity contribution in [2.45, 2.75) is 58.8 Å². The van der Waals surface area contributed by atoms with Crippen LogP contribution in [0.15, 0.2) is 86.1 Å². The van der Waals surface area contributed by atoms with Crippen molar-refractivity contribution in [1.82, 2.24) is 25.4 Å². The van der Waals surface area contributed by atoms with Gasteiger partial charge >= 0.3 is 0 Å². The highest BCUT2D eigenvalue weighted by molar-refractivity contribution is 5.91. The van der Waals surface area contributed by atoms with Crippen LogP contribution in [0.1, 0.15) is 65.0 Å². The number of hydrogen-bond donors (Lipinski definition) is 3. The lowest BCUT2D eigenvalue weighted by atomic mass is 10.0. The highest BCUT2D eigenvalue weighted by atomic mass is 19.1. The lowest BCUT2D eigenvalue weighted by Crippen LogP contribution is -2.29. The number of hydrogen-bond acceptors (Lipinski definition) is 7. The third-order valence-electron chi connectivity index (χ3n) is 9.08. The molecule has 3 N–H and O–H groups in total. The fourth-order valence-corrected chi connectivity index (χ4v) is 6.29. The Labute approximate surface area is 287 Å². The lowest BCUT2D eigenvalue weighted by Gasteiger charge is -2.27. The topological polar surface area (TPSA) is 93.1 Å². The van der Waals surface area contributed by atoms with E-state index in [0.717, 1.165) is 101 Å². The number of nitrogens with zero attached hydrogens (tertiary/aromatic N) is 3. The largest absolute Gasteiger partial charge is 0.381 e. The minimum absolute atomic E-state index is 0.321. The molecule has 1 saturated heterocycles. The molecule has 1 aliphatic heterocycles. The van der Waals surface area contributed by atoms with Gasteiger partial charge in [0.05, 0.1) is 17.3 Å². The van der Waals surface area contributed by atoms with E-state index >= 15 is 0 Å². The maximum absolute atomic E-state index is 14.7. The van der Waals surface area contributed by atoms with Gasteiger partial charge in [0.2, 0.25) is 0 Å². The van der Waals surface area contributed by atoms with Crippen LogP contribution in [0.25, 0.3) is 33.6 Å². The number of fused-ring (bicyclic) bond motifs is 1. The molecule has 0 aliphatic carbocycles. The molecular formula is C40H43FN6O2. The van der Waals surface area contributed by atoms with E-state index in [4.69, 9.17) is 9.72 Å². The van der Waals surface area contributed by atoms with Crippen molar-refractivity contribution in [3.05, 3.63) is 125 Å². The number of nitrogens with one attached hydrogen (secondary N) is 3. The Morgan fingerprint density at radius 2 is 1.71 bits per heavy atom. The van der Waals surface area contributed by atoms with Gasteiger partial charge in [-0.05, 0) is 72.7 Å². The van der Waals surface area contributed by atoms with Gasteiger partial charge in [0.1, 0.15) is 12.1 Å². The summed E-state index contributed by atoms with van der Waals surface area (Å²) in [6.07, 6.45) is 5.38. The highest BCUT2D eigenvalue weighted by Gasteiger charge is 2.22. The summed E-state index contributed by atoms with van der Waals surface area (Å²) in [6.45, 7) is 16.1. The molecule has 2 aromatic heterocycles. The first-order valence-electron chi connectivity index (χ1n) is 16.9. The zero-order chi connectivity index (χ0) is 34.3. The molecule has 3 aromatic carbocycles. The van der Waals surface area contributed by atoms with Gasteiger partial charge in [0, 0.05) is 72.7 Å². The average molecular weight is 659 g/mol. The molecule has 0 bridgehead atoms. The van der Waals surface area contributed by atoms with E-state index in [2.05, 4.69) is 54.1 Å². The molecule has 1 aliphatic rings. The molecule has 0 amide bonds. The van der Waals surface area contributed by atoms with E-state index in [9.17, 15) is 9.18 Å². The molecular weight excluding hydrogens is 615 g/mol. The molecule has 0 spiro atoms. The van der Waals surface area contributed by atoms with E-state index < -0.39 is 0 Å². The molecule has 252 valence electrons. The summed E-state index contributed by atoms with van der Waals surface area (Å²) in [5.74, 6) is -0.339. The van der Waals surface area contributed by atoms with Crippen LogP contribution < -0.4 is 16.0 Å². The zero-order valence-corrected chi connectivity index (χ0v) is 28.2. The van der Waals surface area contributed by atoms with Gasteiger partial charge in [-0.15, -0.1) is 0 Å². The van der Waals surface area contributed by atoms with Gasteiger partial charge in [0.25, 0.3) is 0 Å². The second-order valence-electron chi connectivity index (χ2n) is 12.3. The van der Waals surface area contributed by atoms with E-state index in [-0.39, 0.29) is 5.82 Å². The number of anilines is 1. The Morgan fingerprint density at radius 3 is 2.43 bits per heavy atom. The van der Waals surface area contributed by atoms with E-state index in [1.165, 1.54) is 6.07 Å². The monoisotopic (exact) mass is 658 g/mol. The first-order valence-corrected chi connectivity index (χ1v) is 16.9. The van der Waals surface area contributed by atoms with Crippen LogP contribution >= 0.6 is 0 Å². The Hall–Kier alpha value is -5.28. The number of aryl methyl sites for hydroxylation is 2. The van der Waals surface area contributed by atoms with Gasteiger partial charge in [-0.3, -0.25) is 4.79 Å². The Balaban J connectivity index is 1.16. The summed E-state index contributed by atoms with van der Waals surface area (Å²) >= 11 is 0. The van der Waals surface area contributed by atoms with Gasteiger partial charge in [-0.25, -0.2) is 14.1 Å². The molecule has 49 heavy (non-hydrogen) atoms. The van der Waals surface area contributed by atoms with Gasteiger partial charge in [-0.1, -0.05) is 62.5 Å². The average Bonchev–Trinajstić information content (AvgIpc) is 3.57. The number of benzene rings is 3. The van der Waals surface area contributed by atoms with E-state index in [1.54, 1.807) is 36.4 Å². The molecule has 0 saturated carbocycles. The first kappa shape index (κ1) is 33.6. The van der Waals surface area contributed by atoms with Gasteiger partial charge in [0.15, 0.2) is 5.65 Å². The number of halogens is 1. The minimum Gasteiger partial charge on any atom is -0.381 e. The Morgan fingerprint density at radius 1 is 0.980 bits per heavy atom. The molecule has 5 aromatic rings. The zero-order valence-electron chi connectivity index (χ0n) is 28.2.